The number of likely N-dealkylation sites (tertiary alicyclic amines) is 1. The summed E-state index contributed by atoms with van der Waals surface area (Å²) in [5.41, 5.74) is 2.94. The van der Waals surface area contributed by atoms with Crippen molar-refractivity contribution in [1.82, 2.24) is 10.3 Å². The van der Waals surface area contributed by atoms with Crippen LogP contribution in [0.2, 0.25) is 5.02 Å². The third-order valence-electron chi connectivity index (χ3n) is 3.68. The number of phenols is 1. The topological polar surface area (TPSA) is 91.2 Å². The van der Waals surface area contributed by atoms with Crippen LogP contribution >= 0.6 is 11.6 Å². The molecule has 0 unspecified atom stereocenters. The lowest BCUT2D eigenvalue weighted by atomic mass is 10.2. The van der Waals surface area contributed by atoms with Crippen LogP contribution in [0.25, 0.3) is 0 Å². The van der Waals surface area contributed by atoms with Crippen molar-refractivity contribution in [3.63, 3.8) is 0 Å². The molecule has 1 fully saturated rings. The number of nitrogens with zero attached hydrogens (tertiary/aromatic N) is 2. The summed E-state index contributed by atoms with van der Waals surface area (Å²) in [5.74, 6) is -0.300. The summed E-state index contributed by atoms with van der Waals surface area (Å²) >= 11 is 5.88. The molecule has 0 bridgehead atoms. The summed E-state index contributed by atoms with van der Waals surface area (Å²) in [6.45, 7) is 0.594. The highest BCUT2D eigenvalue weighted by Gasteiger charge is 2.18. The lowest BCUT2D eigenvalue weighted by molar-refractivity contribution is -0.135. The van der Waals surface area contributed by atoms with Crippen LogP contribution in [0.1, 0.15) is 31.2 Å². The second-order valence-electron chi connectivity index (χ2n) is 5.47. The minimum absolute atomic E-state index is 0.00156. The first-order valence-corrected chi connectivity index (χ1v) is 8.05. The van der Waals surface area contributed by atoms with Crippen molar-refractivity contribution < 1.29 is 19.4 Å². The maximum absolute atomic E-state index is 11.9. The first kappa shape index (κ1) is 18.1. The maximum Gasteiger partial charge on any atom is 0.259 e. The molecule has 0 saturated carbocycles. The van der Waals surface area contributed by atoms with Crippen molar-refractivity contribution in [3.8, 4) is 11.5 Å². The predicted molar refractivity (Wildman–Crippen MR) is 90.5 cm³/mol. The minimum Gasteiger partial charge on any atom is -0.503 e. The van der Waals surface area contributed by atoms with Crippen LogP contribution < -0.4 is 10.2 Å². The highest BCUT2D eigenvalue weighted by molar-refractivity contribution is 6.32. The second-order valence-corrected chi connectivity index (χ2v) is 5.88. The Hall–Kier alpha value is -2.28. The number of benzene rings is 1. The summed E-state index contributed by atoms with van der Waals surface area (Å²) < 4.78 is 4.99. The van der Waals surface area contributed by atoms with Gasteiger partial charge in [-0.15, -0.1) is 0 Å². The number of phenolic OH excluding ortho intramolecular Hbond substituents is 1. The number of hydrogen-bond acceptors (Lipinski definition) is 5. The summed E-state index contributed by atoms with van der Waals surface area (Å²) in [6, 6.07) is 3.03. The van der Waals surface area contributed by atoms with E-state index in [2.05, 4.69) is 10.5 Å². The molecule has 0 aromatic heterocycles. The van der Waals surface area contributed by atoms with Crippen molar-refractivity contribution in [1.29, 1.82) is 0 Å². The number of aromatic hydroxyl groups is 1. The van der Waals surface area contributed by atoms with Crippen LogP contribution in [0.4, 0.5) is 0 Å². The van der Waals surface area contributed by atoms with E-state index in [0.717, 1.165) is 19.3 Å². The van der Waals surface area contributed by atoms with Crippen molar-refractivity contribution in [2.75, 3.05) is 20.2 Å². The van der Waals surface area contributed by atoms with Crippen molar-refractivity contribution in [2.45, 2.75) is 25.7 Å². The molecule has 1 saturated heterocycles. The van der Waals surface area contributed by atoms with E-state index < -0.39 is 0 Å². The number of hydrazone groups is 1. The minimum atomic E-state index is -0.363. The predicted octanol–water partition coefficient (Wildman–Crippen LogP) is 1.91. The highest BCUT2D eigenvalue weighted by Crippen LogP contribution is 2.34. The zero-order valence-corrected chi connectivity index (χ0v) is 14.2. The number of carbonyl (C=O) groups excluding carboxylic acids is 2. The van der Waals surface area contributed by atoms with Gasteiger partial charge in [0.1, 0.15) is 6.54 Å². The average molecular weight is 354 g/mol. The number of nitrogens with one attached hydrogen (secondary N) is 1. The van der Waals surface area contributed by atoms with E-state index in [1.54, 1.807) is 4.90 Å². The Morgan fingerprint density at radius 1 is 1.46 bits per heavy atom. The zero-order chi connectivity index (χ0) is 17.5. The lowest BCUT2D eigenvalue weighted by Crippen LogP contribution is -2.39. The van der Waals surface area contributed by atoms with E-state index in [4.69, 9.17) is 16.3 Å². The first-order valence-electron chi connectivity index (χ1n) is 7.67. The van der Waals surface area contributed by atoms with Gasteiger partial charge >= 0.3 is 0 Å². The van der Waals surface area contributed by atoms with E-state index in [1.165, 1.54) is 25.5 Å². The molecule has 1 aliphatic heterocycles. The molecule has 0 spiro atoms. The van der Waals surface area contributed by atoms with E-state index in [9.17, 15) is 14.7 Å². The maximum atomic E-state index is 11.9. The molecule has 1 aromatic carbocycles. The molecule has 130 valence electrons. The summed E-state index contributed by atoms with van der Waals surface area (Å²) in [5, 5.41) is 13.6. The largest absolute Gasteiger partial charge is 0.503 e. The van der Waals surface area contributed by atoms with E-state index in [-0.39, 0.29) is 34.9 Å². The Morgan fingerprint density at radius 3 is 3.00 bits per heavy atom. The first-order chi connectivity index (χ1) is 11.5. The molecule has 0 aliphatic carbocycles. The molecular formula is C16H20ClN3O4. The lowest BCUT2D eigenvalue weighted by Gasteiger charge is -2.18. The van der Waals surface area contributed by atoms with Gasteiger partial charge in [-0.2, -0.15) is 5.10 Å². The van der Waals surface area contributed by atoms with E-state index in [0.29, 0.717) is 18.5 Å². The number of rotatable bonds is 5. The van der Waals surface area contributed by atoms with Crippen LogP contribution in [0, 0.1) is 0 Å². The van der Waals surface area contributed by atoms with Crippen LogP contribution in [-0.2, 0) is 9.59 Å². The third kappa shape index (κ3) is 4.86. The Bertz CT molecular complexity index is 648. The number of hydrogen-bond donors (Lipinski definition) is 2. The SMILES string of the molecule is COc1cc(/C=N/NC(=O)CN2CCCCCC2=O)cc(Cl)c1O. The summed E-state index contributed by atoms with van der Waals surface area (Å²) in [7, 11) is 1.41. The normalized spacial score (nSPS) is 15.4. The van der Waals surface area contributed by atoms with Gasteiger partial charge in [-0.3, -0.25) is 9.59 Å². The van der Waals surface area contributed by atoms with Gasteiger partial charge in [-0.05, 0) is 30.5 Å². The second kappa shape index (κ2) is 8.54. The van der Waals surface area contributed by atoms with E-state index >= 15 is 0 Å². The van der Waals surface area contributed by atoms with Crippen LogP contribution in [0.5, 0.6) is 11.5 Å². The molecule has 7 nitrogen and oxygen atoms in total. The van der Waals surface area contributed by atoms with Gasteiger partial charge in [-0.25, -0.2) is 5.43 Å². The van der Waals surface area contributed by atoms with Crippen molar-refractivity contribution in [2.24, 2.45) is 5.10 Å². The van der Waals surface area contributed by atoms with Crippen LogP contribution in [0.15, 0.2) is 17.2 Å². The molecule has 24 heavy (non-hydrogen) atoms. The fourth-order valence-electron chi connectivity index (χ4n) is 2.42. The molecule has 2 rings (SSSR count). The van der Waals surface area contributed by atoms with Crippen molar-refractivity contribution in [3.05, 3.63) is 22.7 Å². The standard InChI is InChI=1S/C16H20ClN3O4/c1-24-13-8-11(7-12(17)16(13)23)9-18-19-14(21)10-20-6-4-2-3-5-15(20)22/h7-9,23H,2-6,10H2,1H3,(H,19,21)/b18-9+. The molecule has 0 radical (unpaired) electrons. The molecule has 2 amide bonds. The molecule has 1 heterocycles. The molecule has 1 aliphatic rings. The van der Waals surface area contributed by atoms with Gasteiger partial charge in [0.25, 0.3) is 5.91 Å². The van der Waals surface area contributed by atoms with Gasteiger partial charge in [-0.1, -0.05) is 18.0 Å². The third-order valence-corrected chi connectivity index (χ3v) is 3.97. The smallest absolute Gasteiger partial charge is 0.259 e. The van der Waals surface area contributed by atoms with Gasteiger partial charge in [0.15, 0.2) is 11.5 Å². The Balaban J connectivity index is 1.92. The average Bonchev–Trinajstić information content (AvgIpc) is 2.75. The number of ether oxygens (including phenoxy) is 1. The fraction of sp³-hybridized carbons (Fsp3) is 0.438. The molecule has 2 N–H and O–H groups in total. The summed E-state index contributed by atoms with van der Waals surface area (Å²) in [4.78, 5) is 25.3. The number of amides is 2. The molecular weight excluding hydrogens is 334 g/mol. The highest BCUT2D eigenvalue weighted by atomic mass is 35.5. The van der Waals surface area contributed by atoms with Crippen molar-refractivity contribution >= 4 is 29.6 Å². The van der Waals surface area contributed by atoms with Gasteiger partial charge in [0.05, 0.1) is 18.3 Å². The zero-order valence-electron chi connectivity index (χ0n) is 13.4. The number of methoxy groups -OCH3 is 1. The van der Waals surface area contributed by atoms with E-state index in [1.807, 2.05) is 0 Å². The Labute approximate surface area is 145 Å². The molecule has 8 heteroatoms. The quantitative estimate of drug-likeness (QED) is 0.625. The van der Waals surface area contributed by atoms with Crippen LogP contribution in [0.3, 0.4) is 0 Å². The molecule has 0 atom stereocenters. The Kier molecular flexibility index (Phi) is 6.43. The van der Waals surface area contributed by atoms with Gasteiger partial charge in [0, 0.05) is 13.0 Å². The summed E-state index contributed by atoms with van der Waals surface area (Å²) in [6.07, 6.45) is 4.66. The Morgan fingerprint density at radius 2 is 2.25 bits per heavy atom. The fourth-order valence-corrected chi connectivity index (χ4v) is 2.64. The van der Waals surface area contributed by atoms with Gasteiger partial charge in [0.2, 0.25) is 5.91 Å². The number of halogens is 1. The number of carbonyl (C=O) groups is 2. The van der Waals surface area contributed by atoms with Gasteiger partial charge < -0.3 is 14.7 Å². The molecule has 1 aromatic rings. The monoisotopic (exact) mass is 353 g/mol. The van der Waals surface area contributed by atoms with Crippen LogP contribution in [-0.4, -0.2) is 48.2 Å².